The Bertz CT molecular complexity index is 741. The molecule has 0 bridgehead atoms. The van der Waals surface area contributed by atoms with E-state index in [2.05, 4.69) is 0 Å². The van der Waals surface area contributed by atoms with E-state index in [9.17, 15) is 23.1 Å². The molecular formula is C13H11NO5S. The van der Waals surface area contributed by atoms with Crippen molar-refractivity contribution in [1.29, 1.82) is 0 Å². The first kappa shape index (κ1) is 14.2. The van der Waals surface area contributed by atoms with Crippen LogP contribution in [-0.4, -0.2) is 17.9 Å². The molecule has 0 heterocycles. The third-order valence-electron chi connectivity index (χ3n) is 2.81. The minimum absolute atomic E-state index is 0.0220. The van der Waals surface area contributed by atoms with E-state index in [0.717, 1.165) is 6.07 Å². The van der Waals surface area contributed by atoms with Crippen molar-refractivity contribution in [2.45, 2.75) is 11.3 Å². The van der Waals surface area contributed by atoms with Crippen molar-refractivity contribution in [3.63, 3.8) is 0 Å². The first-order valence-electron chi connectivity index (χ1n) is 5.67. The molecule has 0 aromatic heterocycles. The van der Waals surface area contributed by atoms with Crippen LogP contribution in [0.2, 0.25) is 0 Å². The Morgan fingerprint density at radius 1 is 1.05 bits per heavy atom. The SMILES string of the molecule is O=[N+]([O-])c1cccc(S(=O)(=O)O)c1Cc1ccccc1. The van der Waals surface area contributed by atoms with Gasteiger partial charge in [-0.2, -0.15) is 8.42 Å². The van der Waals surface area contributed by atoms with Crippen LogP contribution < -0.4 is 0 Å². The summed E-state index contributed by atoms with van der Waals surface area (Å²) < 4.78 is 31.9. The number of rotatable bonds is 4. The molecule has 2 aromatic rings. The van der Waals surface area contributed by atoms with Crippen molar-refractivity contribution in [1.82, 2.24) is 0 Å². The van der Waals surface area contributed by atoms with E-state index in [1.807, 2.05) is 0 Å². The molecule has 0 atom stereocenters. The molecule has 2 aromatic carbocycles. The summed E-state index contributed by atoms with van der Waals surface area (Å²) in [5, 5.41) is 11.0. The molecule has 0 aliphatic carbocycles. The summed E-state index contributed by atoms with van der Waals surface area (Å²) in [6.45, 7) is 0. The number of nitrogens with zero attached hydrogens (tertiary/aromatic N) is 1. The lowest BCUT2D eigenvalue weighted by Crippen LogP contribution is -2.07. The lowest BCUT2D eigenvalue weighted by atomic mass is 10.0. The average molecular weight is 293 g/mol. The van der Waals surface area contributed by atoms with Gasteiger partial charge in [-0.05, 0) is 11.6 Å². The van der Waals surface area contributed by atoms with Crippen LogP contribution >= 0.6 is 0 Å². The summed E-state index contributed by atoms with van der Waals surface area (Å²) >= 11 is 0. The maximum absolute atomic E-state index is 11.4. The van der Waals surface area contributed by atoms with E-state index in [4.69, 9.17) is 0 Å². The zero-order valence-corrected chi connectivity index (χ0v) is 11.1. The molecule has 0 saturated heterocycles. The normalized spacial score (nSPS) is 11.2. The van der Waals surface area contributed by atoms with Crippen molar-refractivity contribution in [3.05, 3.63) is 69.8 Å². The van der Waals surface area contributed by atoms with Gasteiger partial charge in [0.2, 0.25) is 0 Å². The van der Waals surface area contributed by atoms with Gasteiger partial charge in [0.25, 0.3) is 15.8 Å². The topological polar surface area (TPSA) is 97.5 Å². The van der Waals surface area contributed by atoms with E-state index in [1.54, 1.807) is 30.3 Å². The van der Waals surface area contributed by atoms with Gasteiger partial charge in [0.15, 0.2) is 0 Å². The summed E-state index contributed by atoms with van der Waals surface area (Å²) in [5.74, 6) is 0. The van der Waals surface area contributed by atoms with E-state index < -0.39 is 19.9 Å². The summed E-state index contributed by atoms with van der Waals surface area (Å²) in [4.78, 5) is 9.93. The number of benzene rings is 2. The highest BCUT2D eigenvalue weighted by atomic mass is 32.2. The molecule has 0 aliphatic heterocycles. The van der Waals surface area contributed by atoms with Gasteiger partial charge in [0, 0.05) is 12.5 Å². The third-order valence-corrected chi connectivity index (χ3v) is 3.74. The van der Waals surface area contributed by atoms with E-state index in [1.165, 1.54) is 12.1 Å². The van der Waals surface area contributed by atoms with Crippen LogP contribution in [0.1, 0.15) is 11.1 Å². The minimum atomic E-state index is -4.51. The molecule has 104 valence electrons. The van der Waals surface area contributed by atoms with Crippen LogP contribution in [0.25, 0.3) is 0 Å². The summed E-state index contributed by atoms with van der Waals surface area (Å²) in [7, 11) is -4.51. The number of nitro benzene ring substituents is 1. The van der Waals surface area contributed by atoms with Crippen LogP contribution in [0.15, 0.2) is 53.4 Å². The fraction of sp³-hybridized carbons (Fsp3) is 0.0769. The molecule has 1 N–H and O–H groups in total. The first-order chi connectivity index (χ1) is 9.39. The largest absolute Gasteiger partial charge is 0.295 e. The smallest absolute Gasteiger partial charge is 0.282 e. The zero-order chi connectivity index (χ0) is 14.8. The lowest BCUT2D eigenvalue weighted by molar-refractivity contribution is -0.385. The van der Waals surface area contributed by atoms with Crippen LogP contribution in [0, 0.1) is 10.1 Å². The Morgan fingerprint density at radius 3 is 2.25 bits per heavy atom. The second kappa shape index (κ2) is 5.40. The monoisotopic (exact) mass is 293 g/mol. The Balaban J connectivity index is 2.62. The van der Waals surface area contributed by atoms with Gasteiger partial charge in [0.05, 0.1) is 10.5 Å². The standard InChI is InChI=1S/C13H11NO5S/c15-14(16)12-7-4-8-13(20(17,18)19)11(12)9-10-5-2-1-3-6-10/h1-8H,9H2,(H,17,18,19). The van der Waals surface area contributed by atoms with Crippen molar-refractivity contribution in [2.75, 3.05) is 0 Å². The zero-order valence-electron chi connectivity index (χ0n) is 10.3. The van der Waals surface area contributed by atoms with Gasteiger partial charge in [-0.1, -0.05) is 36.4 Å². The molecule has 0 unspecified atom stereocenters. The fourth-order valence-corrected chi connectivity index (χ4v) is 2.68. The van der Waals surface area contributed by atoms with Gasteiger partial charge >= 0.3 is 0 Å². The number of hydrogen-bond donors (Lipinski definition) is 1. The van der Waals surface area contributed by atoms with Crippen LogP contribution in [0.4, 0.5) is 5.69 Å². The molecule has 0 amide bonds. The molecule has 2 rings (SSSR count). The first-order valence-corrected chi connectivity index (χ1v) is 7.11. The van der Waals surface area contributed by atoms with Gasteiger partial charge in [-0.25, -0.2) is 0 Å². The van der Waals surface area contributed by atoms with E-state index >= 15 is 0 Å². The predicted octanol–water partition coefficient (Wildman–Crippen LogP) is 2.43. The second-order valence-corrected chi connectivity index (χ2v) is 5.54. The van der Waals surface area contributed by atoms with Crippen molar-refractivity contribution >= 4 is 15.8 Å². The third kappa shape index (κ3) is 3.01. The Hall–Kier alpha value is -2.25. The number of hydrogen-bond acceptors (Lipinski definition) is 4. The van der Waals surface area contributed by atoms with Gasteiger partial charge in [-0.3, -0.25) is 14.7 Å². The summed E-state index contributed by atoms with van der Waals surface area (Å²) in [6, 6.07) is 12.3. The number of nitro groups is 1. The van der Waals surface area contributed by atoms with Gasteiger partial charge < -0.3 is 0 Å². The minimum Gasteiger partial charge on any atom is -0.282 e. The molecule has 20 heavy (non-hydrogen) atoms. The molecule has 6 nitrogen and oxygen atoms in total. The van der Waals surface area contributed by atoms with Crippen LogP contribution in [-0.2, 0) is 16.5 Å². The van der Waals surface area contributed by atoms with Crippen molar-refractivity contribution < 1.29 is 17.9 Å². The second-order valence-electron chi connectivity index (χ2n) is 4.15. The van der Waals surface area contributed by atoms with E-state index in [0.29, 0.717) is 5.56 Å². The maximum Gasteiger partial charge on any atom is 0.295 e. The predicted molar refractivity (Wildman–Crippen MR) is 72.2 cm³/mol. The van der Waals surface area contributed by atoms with E-state index in [-0.39, 0.29) is 17.7 Å². The van der Waals surface area contributed by atoms with Gasteiger partial charge in [-0.15, -0.1) is 0 Å². The highest BCUT2D eigenvalue weighted by Gasteiger charge is 2.24. The molecule has 7 heteroatoms. The van der Waals surface area contributed by atoms with Gasteiger partial charge in [0.1, 0.15) is 4.90 Å². The molecule has 0 aliphatic rings. The highest BCUT2D eigenvalue weighted by Crippen LogP contribution is 2.28. The lowest BCUT2D eigenvalue weighted by Gasteiger charge is -2.08. The Kier molecular flexibility index (Phi) is 3.82. The van der Waals surface area contributed by atoms with Crippen molar-refractivity contribution in [2.24, 2.45) is 0 Å². The van der Waals surface area contributed by atoms with Crippen LogP contribution in [0.5, 0.6) is 0 Å². The highest BCUT2D eigenvalue weighted by molar-refractivity contribution is 7.85. The molecule has 0 fully saturated rings. The average Bonchev–Trinajstić information content (AvgIpc) is 2.38. The molecule has 0 spiro atoms. The molecule has 0 radical (unpaired) electrons. The molecular weight excluding hydrogens is 282 g/mol. The van der Waals surface area contributed by atoms with Crippen LogP contribution in [0.3, 0.4) is 0 Å². The summed E-state index contributed by atoms with van der Waals surface area (Å²) in [5.41, 5.74) is 0.363. The summed E-state index contributed by atoms with van der Waals surface area (Å²) in [6.07, 6.45) is 0.0487. The van der Waals surface area contributed by atoms with Crippen molar-refractivity contribution in [3.8, 4) is 0 Å². The molecule has 0 saturated carbocycles. The Labute approximate surface area is 115 Å². The quantitative estimate of drug-likeness (QED) is 0.530. The maximum atomic E-state index is 11.4. The fourth-order valence-electron chi connectivity index (χ4n) is 1.94. The Morgan fingerprint density at radius 2 is 1.70 bits per heavy atom.